The number of rotatable bonds is 6. The summed E-state index contributed by atoms with van der Waals surface area (Å²) in [5.41, 5.74) is 8.28. The van der Waals surface area contributed by atoms with Crippen LogP contribution in [0, 0.1) is 10.1 Å². The van der Waals surface area contributed by atoms with Gasteiger partial charge in [-0.1, -0.05) is 24.3 Å². The molecule has 7 nitrogen and oxygen atoms in total. The molecule has 0 saturated carbocycles. The maximum Gasteiger partial charge on any atom is 0.269 e. The molecule has 0 amide bonds. The lowest BCUT2D eigenvalue weighted by Crippen LogP contribution is -2.48. The number of hydrogen-bond donors (Lipinski definition) is 1. The highest BCUT2D eigenvalue weighted by Gasteiger charge is 2.21. The molecular weight excluding hydrogens is 332 g/mol. The standard InChI is InChI=1S/C19H24N4O3/c1-26-19-8-3-2-7-18(19)22-11-9-21(10-12-22)14-17(20)15-5-4-6-16(13-15)23(24)25/h2-8,13,17H,9-12,14,20H2,1H3. The summed E-state index contributed by atoms with van der Waals surface area (Å²) >= 11 is 0. The van der Waals surface area contributed by atoms with Crippen LogP contribution in [0.25, 0.3) is 0 Å². The van der Waals surface area contributed by atoms with Gasteiger partial charge in [0.1, 0.15) is 5.75 Å². The van der Waals surface area contributed by atoms with E-state index in [1.807, 2.05) is 24.3 Å². The van der Waals surface area contributed by atoms with Crippen LogP contribution >= 0.6 is 0 Å². The van der Waals surface area contributed by atoms with E-state index in [2.05, 4.69) is 15.9 Å². The molecule has 2 aromatic rings. The first-order chi connectivity index (χ1) is 12.6. The highest BCUT2D eigenvalue weighted by Crippen LogP contribution is 2.28. The van der Waals surface area contributed by atoms with E-state index in [0.29, 0.717) is 6.54 Å². The Morgan fingerprint density at radius 3 is 2.58 bits per heavy atom. The van der Waals surface area contributed by atoms with Gasteiger partial charge in [-0.05, 0) is 17.7 Å². The first-order valence-electron chi connectivity index (χ1n) is 8.68. The minimum Gasteiger partial charge on any atom is -0.495 e. The highest BCUT2D eigenvalue weighted by atomic mass is 16.6. The molecule has 1 unspecified atom stereocenters. The van der Waals surface area contributed by atoms with Gasteiger partial charge in [-0.2, -0.15) is 0 Å². The number of nitro groups is 1. The average Bonchev–Trinajstić information content (AvgIpc) is 2.68. The first-order valence-corrected chi connectivity index (χ1v) is 8.68. The molecule has 1 aliphatic rings. The van der Waals surface area contributed by atoms with Crippen LogP contribution in [-0.2, 0) is 0 Å². The number of nitro benzene ring substituents is 1. The van der Waals surface area contributed by atoms with Crippen LogP contribution in [0.4, 0.5) is 11.4 Å². The molecule has 0 aromatic heterocycles. The summed E-state index contributed by atoms with van der Waals surface area (Å²) in [5.74, 6) is 0.884. The van der Waals surface area contributed by atoms with E-state index in [1.54, 1.807) is 19.2 Å². The van der Waals surface area contributed by atoms with Gasteiger partial charge in [0.05, 0.1) is 17.7 Å². The molecule has 26 heavy (non-hydrogen) atoms. The van der Waals surface area contributed by atoms with Crippen molar-refractivity contribution >= 4 is 11.4 Å². The Kier molecular flexibility index (Phi) is 5.70. The van der Waals surface area contributed by atoms with Gasteiger partial charge in [0.25, 0.3) is 5.69 Å². The fourth-order valence-corrected chi connectivity index (χ4v) is 3.31. The number of hydrogen-bond acceptors (Lipinski definition) is 6. The average molecular weight is 356 g/mol. The van der Waals surface area contributed by atoms with Crippen molar-refractivity contribution in [1.82, 2.24) is 4.90 Å². The zero-order valence-electron chi connectivity index (χ0n) is 14.9. The first kappa shape index (κ1) is 18.2. The number of benzene rings is 2. The summed E-state index contributed by atoms with van der Waals surface area (Å²) in [6.45, 7) is 4.24. The van der Waals surface area contributed by atoms with E-state index in [4.69, 9.17) is 10.5 Å². The van der Waals surface area contributed by atoms with Crippen LogP contribution in [0.5, 0.6) is 5.75 Å². The molecule has 0 spiro atoms. The van der Waals surface area contributed by atoms with Crippen molar-refractivity contribution in [3.8, 4) is 5.75 Å². The Labute approximate surface area is 153 Å². The molecule has 7 heteroatoms. The van der Waals surface area contributed by atoms with Crippen LogP contribution in [0.3, 0.4) is 0 Å². The van der Waals surface area contributed by atoms with Crippen molar-refractivity contribution < 1.29 is 9.66 Å². The van der Waals surface area contributed by atoms with Crippen molar-refractivity contribution in [2.24, 2.45) is 5.73 Å². The maximum absolute atomic E-state index is 10.9. The minimum absolute atomic E-state index is 0.0824. The lowest BCUT2D eigenvalue weighted by Gasteiger charge is -2.37. The second kappa shape index (κ2) is 8.16. The lowest BCUT2D eigenvalue weighted by molar-refractivity contribution is -0.384. The molecule has 2 aromatic carbocycles. The Balaban J connectivity index is 1.58. The zero-order valence-corrected chi connectivity index (χ0v) is 14.9. The van der Waals surface area contributed by atoms with Gasteiger partial charge in [0, 0.05) is 50.9 Å². The quantitative estimate of drug-likeness (QED) is 0.632. The molecule has 1 saturated heterocycles. The van der Waals surface area contributed by atoms with E-state index in [1.165, 1.54) is 6.07 Å². The van der Waals surface area contributed by atoms with Crippen molar-refractivity contribution in [2.45, 2.75) is 6.04 Å². The zero-order chi connectivity index (χ0) is 18.5. The number of nitrogens with zero attached hydrogens (tertiary/aromatic N) is 3. The van der Waals surface area contributed by atoms with E-state index in [0.717, 1.165) is 43.2 Å². The molecule has 1 atom stereocenters. The predicted molar refractivity (Wildman–Crippen MR) is 102 cm³/mol. The van der Waals surface area contributed by atoms with Gasteiger partial charge in [0.15, 0.2) is 0 Å². The van der Waals surface area contributed by atoms with Crippen molar-refractivity contribution in [2.75, 3.05) is 44.7 Å². The fourth-order valence-electron chi connectivity index (χ4n) is 3.31. The van der Waals surface area contributed by atoms with Crippen LogP contribution in [0.1, 0.15) is 11.6 Å². The summed E-state index contributed by atoms with van der Waals surface area (Å²) in [5, 5.41) is 10.9. The van der Waals surface area contributed by atoms with Gasteiger partial charge < -0.3 is 15.4 Å². The number of para-hydroxylation sites is 2. The van der Waals surface area contributed by atoms with Gasteiger partial charge in [-0.25, -0.2) is 0 Å². The summed E-state index contributed by atoms with van der Waals surface area (Å²) in [4.78, 5) is 15.2. The number of nitrogens with two attached hydrogens (primary N) is 1. The van der Waals surface area contributed by atoms with Crippen LogP contribution < -0.4 is 15.4 Å². The Hall–Kier alpha value is -2.64. The smallest absolute Gasteiger partial charge is 0.269 e. The third kappa shape index (κ3) is 4.12. The molecule has 0 bridgehead atoms. The van der Waals surface area contributed by atoms with Crippen LogP contribution in [0.2, 0.25) is 0 Å². The van der Waals surface area contributed by atoms with Crippen LogP contribution in [-0.4, -0.2) is 49.7 Å². The third-order valence-electron chi connectivity index (χ3n) is 4.76. The predicted octanol–water partition coefficient (Wildman–Crippen LogP) is 2.43. The van der Waals surface area contributed by atoms with Crippen molar-refractivity contribution in [3.63, 3.8) is 0 Å². The Morgan fingerprint density at radius 2 is 1.88 bits per heavy atom. The van der Waals surface area contributed by atoms with Crippen molar-refractivity contribution in [3.05, 3.63) is 64.2 Å². The number of piperazine rings is 1. The van der Waals surface area contributed by atoms with E-state index in [9.17, 15) is 10.1 Å². The summed E-state index contributed by atoms with van der Waals surface area (Å²) in [7, 11) is 1.69. The maximum atomic E-state index is 10.9. The Bertz CT molecular complexity index is 760. The molecule has 0 aliphatic carbocycles. The van der Waals surface area contributed by atoms with E-state index < -0.39 is 0 Å². The third-order valence-corrected chi connectivity index (χ3v) is 4.76. The van der Waals surface area contributed by atoms with Crippen LogP contribution in [0.15, 0.2) is 48.5 Å². The number of methoxy groups -OCH3 is 1. The monoisotopic (exact) mass is 356 g/mol. The fraction of sp³-hybridized carbons (Fsp3) is 0.368. The minimum atomic E-state index is -0.387. The second-order valence-electron chi connectivity index (χ2n) is 6.42. The van der Waals surface area contributed by atoms with E-state index >= 15 is 0 Å². The topological polar surface area (TPSA) is 84.9 Å². The molecule has 0 radical (unpaired) electrons. The Morgan fingerprint density at radius 1 is 1.15 bits per heavy atom. The number of ether oxygens (including phenoxy) is 1. The highest BCUT2D eigenvalue weighted by molar-refractivity contribution is 5.58. The van der Waals surface area contributed by atoms with Crippen molar-refractivity contribution in [1.29, 1.82) is 0 Å². The molecule has 1 fully saturated rings. The van der Waals surface area contributed by atoms with Gasteiger partial charge in [-0.15, -0.1) is 0 Å². The molecule has 2 N–H and O–H groups in total. The molecule has 1 aliphatic heterocycles. The molecule has 3 rings (SSSR count). The molecule has 138 valence electrons. The summed E-state index contributed by atoms with van der Waals surface area (Å²) in [6, 6.07) is 14.4. The molecule has 1 heterocycles. The van der Waals surface area contributed by atoms with Gasteiger partial charge >= 0.3 is 0 Å². The largest absolute Gasteiger partial charge is 0.495 e. The van der Waals surface area contributed by atoms with Gasteiger partial charge in [0.2, 0.25) is 0 Å². The normalized spacial score (nSPS) is 16.3. The summed E-state index contributed by atoms with van der Waals surface area (Å²) in [6.07, 6.45) is 0. The molecular formula is C19H24N4O3. The number of anilines is 1. The van der Waals surface area contributed by atoms with Gasteiger partial charge in [-0.3, -0.25) is 15.0 Å². The van der Waals surface area contributed by atoms with E-state index in [-0.39, 0.29) is 16.7 Å². The number of non-ortho nitro benzene ring substituents is 1. The summed E-state index contributed by atoms with van der Waals surface area (Å²) < 4.78 is 5.45. The lowest BCUT2D eigenvalue weighted by atomic mass is 10.1. The SMILES string of the molecule is COc1ccccc1N1CCN(CC(N)c2cccc([N+](=O)[O-])c2)CC1. The second-order valence-corrected chi connectivity index (χ2v) is 6.42.